The van der Waals surface area contributed by atoms with Gasteiger partial charge in [-0.1, -0.05) is 26.8 Å². The van der Waals surface area contributed by atoms with Gasteiger partial charge in [0.2, 0.25) is 5.91 Å². The minimum atomic E-state index is -0.0718. The first kappa shape index (κ1) is 19.8. The molecule has 154 valence electrons. The van der Waals surface area contributed by atoms with Crippen molar-refractivity contribution in [2.45, 2.75) is 58.7 Å². The van der Waals surface area contributed by atoms with Gasteiger partial charge in [-0.25, -0.2) is 5.43 Å². The molecule has 1 saturated carbocycles. The van der Waals surface area contributed by atoms with Crippen LogP contribution in [0.2, 0.25) is 0 Å². The van der Waals surface area contributed by atoms with E-state index >= 15 is 0 Å². The topological polar surface area (TPSA) is 60.5 Å². The third-order valence-electron chi connectivity index (χ3n) is 7.04. The summed E-state index contributed by atoms with van der Waals surface area (Å²) in [5, 5.41) is 0. The van der Waals surface area contributed by atoms with Crippen LogP contribution in [0.1, 0.15) is 45.7 Å². The Morgan fingerprint density at radius 1 is 1.14 bits per heavy atom. The average Bonchev–Trinajstić information content (AvgIpc) is 3.11. The minimum Gasteiger partial charge on any atom is -0.339 e. The molecule has 28 heavy (non-hydrogen) atoms. The maximum Gasteiger partial charge on any atom is 0.241 e. The van der Waals surface area contributed by atoms with E-state index in [0.717, 1.165) is 44.8 Å². The van der Waals surface area contributed by atoms with Gasteiger partial charge in [0.25, 0.3) is 0 Å². The van der Waals surface area contributed by atoms with Crippen molar-refractivity contribution in [1.82, 2.24) is 25.6 Å². The standard InChI is InChI=1S/C22H35N5O/c1-22(2,3)16-7-8-19-18(14-16)20(25-24-19)21(28)27-12-10-26(11-13-27)15-17-6-4-5-9-23-17/h4-6,9,16,18-20,24-25H,7-8,10-15H2,1-3H3. The first-order valence-corrected chi connectivity index (χ1v) is 10.8. The number of fused-ring (bicyclic) bond motifs is 1. The molecule has 3 aliphatic rings. The smallest absolute Gasteiger partial charge is 0.241 e. The summed E-state index contributed by atoms with van der Waals surface area (Å²) in [6, 6.07) is 6.42. The van der Waals surface area contributed by atoms with Crippen molar-refractivity contribution in [1.29, 1.82) is 0 Å². The Bertz CT molecular complexity index is 665. The van der Waals surface area contributed by atoms with E-state index in [1.54, 1.807) is 0 Å². The number of aromatic nitrogens is 1. The molecule has 1 aliphatic carbocycles. The predicted molar refractivity (Wildman–Crippen MR) is 110 cm³/mol. The van der Waals surface area contributed by atoms with Crippen molar-refractivity contribution in [2.24, 2.45) is 17.3 Å². The molecular formula is C22H35N5O. The number of nitrogens with one attached hydrogen (secondary N) is 2. The number of hydrazine groups is 1. The predicted octanol–water partition coefficient (Wildman–Crippen LogP) is 2.03. The van der Waals surface area contributed by atoms with Crippen LogP contribution in [0.4, 0.5) is 0 Å². The molecule has 3 fully saturated rings. The normalized spacial score (nSPS) is 31.6. The van der Waals surface area contributed by atoms with Gasteiger partial charge in [0.1, 0.15) is 6.04 Å². The molecule has 6 heteroatoms. The number of amides is 1. The molecule has 0 aromatic carbocycles. The number of rotatable bonds is 3. The van der Waals surface area contributed by atoms with Crippen molar-refractivity contribution in [2.75, 3.05) is 26.2 Å². The van der Waals surface area contributed by atoms with E-state index in [0.29, 0.717) is 23.3 Å². The second kappa shape index (κ2) is 8.09. The van der Waals surface area contributed by atoms with Crippen molar-refractivity contribution in [3.8, 4) is 0 Å². The fourth-order valence-electron chi connectivity index (χ4n) is 5.13. The molecule has 1 aromatic heterocycles. The van der Waals surface area contributed by atoms with Crippen LogP contribution in [0.5, 0.6) is 0 Å². The number of carbonyl (C=O) groups excluding carboxylic acids is 1. The van der Waals surface area contributed by atoms with Gasteiger partial charge in [0, 0.05) is 50.9 Å². The summed E-state index contributed by atoms with van der Waals surface area (Å²) in [6.07, 6.45) is 5.41. The van der Waals surface area contributed by atoms with Crippen LogP contribution >= 0.6 is 0 Å². The first-order chi connectivity index (χ1) is 13.4. The van der Waals surface area contributed by atoms with Gasteiger partial charge in [-0.15, -0.1) is 0 Å². The molecule has 1 amide bonds. The highest BCUT2D eigenvalue weighted by Crippen LogP contribution is 2.42. The lowest BCUT2D eigenvalue weighted by Gasteiger charge is -2.41. The summed E-state index contributed by atoms with van der Waals surface area (Å²) < 4.78 is 0. The van der Waals surface area contributed by atoms with E-state index in [9.17, 15) is 4.79 Å². The van der Waals surface area contributed by atoms with E-state index in [-0.39, 0.29) is 11.9 Å². The quantitative estimate of drug-likeness (QED) is 0.834. The molecule has 0 bridgehead atoms. The first-order valence-electron chi connectivity index (χ1n) is 10.8. The molecule has 4 unspecified atom stereocenters. The summed E-state index contributed by atoms with van der Waals surface area (Å²) in [6.45, 7) is 11.3. The number of piperazine rings is 1. The van der Waals surface area contributed by atoms with Gasteiger partial charge in [-0.05, 0) is 42.7 Å². The number of carbonyl (C=O) groups is 1. The van der Waals surface area contributed by atoms with Crippen molar-refractivity contribution < 1.29 is 4.79 Å². The number of hydrogen-bond acceptors (Lipinski definition) is 5. The minimum absolute atomic E-state index is 0.0718. The van der Waals surface area contributed by atoms with Gasteiger partial charge < -0.3 is 4.90 Å². The van der Waals surface area contributed by atoms with Crippen LogP contribution in [-0.2, 0) is 11.3 Å². The van der Waals surface area contributed by atoms with E-state index in [1.165, 1.54) is 12.8 Å². The number of hydrogen-bond donors (Lipinski definition) is 2. The number of nitrogens with zero attached hydrogens (tertiary/aromatic N) is 3. The van der Waals surface area contributed by atoms with Crippen molar-refractivity contribution in [3.05, 3.63) is 30.1 Å². The van der Waals surface area contributed by atoms with Crippen LogP contribution in [0.15, 0.2) is 24.4 Å². The highest BCUT2D eigenvalue weighted by atomic mass is 16.2. The van der Waals surface area contributed by atoms with Crippen LogP contribution in [0.3, 0.4) is 0 Å². The number of pyridine rings is 1. The van der Waals surface area contributed by atoms with Crippen molar-refractivity contribution >= 4 is 5.91 Å². The van der Waals surface area contributed by atoms with Crippen LogP contribution in [0, 0.1) is 17.3 Å². The highest BCUT2D eigenvalue weighted by molar-refractivity contribution is 5.82. The Kier molecular flexibility index (Phi) is 5.72. The summed E-state index contributed by atoms with van der Waals surface area (Å²) >= 11 is 0. The van der Waals surface area contributed by atoms with E-state index < -0.39 is 0 Å². The fraction of sp³-hybridized carbons (Fsp3) is 0.727. The Hall–Kier alpha value is -1.50. The SMILES string of the molecule is CC(C)(C)C1CCC2NNC(C(=O)N3CCN(Cc4ccccn4)CC3)C2C1. The molecular weight excluding hydrogens is 350 g/mol. The van der Waals surface area contributed by atoms with Crippen molar-refractivity contribution in [3.63, 3.8) is 0 Å². The molecule has 2 saturated heterocycles. The maximum atomic E-state index is 13.3. The van der Waals surface area contributed by atoms with E-state index in [1.807, 2.05) is 18.3 Å². The molecule has 3 heterocycles. The van der Waals surface area contributed by atoms with E-state index in [4.69, 9.17) is 0 Å². The summed E-state index contributed by atoms with van der Waals surface area (Å²) in [5.41, 5.74) is 8.20. The lowest BCUT2D eigenvalue weighted by Crippen LogP contribution is -2.55. The maximum absolute atomic E-state index is 13.3. The second-order valence-corrected chi connectivity index (χ2v) is 9.84. The van der Waals surface area contributed by atoms with E-state index in [2.05, 4.69) is 52.5 Å². The van der Waals surface area contributed by atoms with Gasteiger partial charge in [-0.3, -0.25) is 20.1 Å². The van der Waals surface area contributed by atoms with Gasteiger partial charge in [0.05, 0.1) is 5.69 Å². The molecule has 4 atom stereocenters. The monoisotopic (exact) mass is 385 g/mol. The Morgan fingerprint density at radius 2 is 1.93 bits per heavy atom. The third kappa shape index (κ3) is 4.24. The highest BCUT2D eigenvalue weighted by Gasteiger charge is 2.46. The zero-order valence-corrected chi connectivity index (χ0v) is 17.5. The zero-order chi connectivity index (χ0) is 19.7. The van der Waals surface area contributed by atoms with Gasteiger partial charge in [-0.2, -0.15) is 0 Å². The molecule has 4 rings (SSSR count). The van der Waals surface area contributed by atoms with Gasteiger partial charge >= 0.3 is 0 Å². The lowest BCUT2D eigenvalue weighted by molar-refractivity contribution is -0.136. The van der Waals surface area contributed by atoms with Crippen LogP contribution in [-0.4, -0.2) is 59.0 Å². The second-order valence-electron chi connectivity index (χ2n) is 9.84. The van der Waals surface area contributed by atoms with Crippen LogP contribution in [0.25, 0.3) is 0 Å². The molecule has 0 spiro atoms. The average molecular weight is 386 g/mol. The summed E-state index contributed by atoms with van der Waals surface area (Å²) in [4.78, 5) is 22.2. The van der Waals surface area contributed by atoms with Crippen LogP contribution < -0.4 is 10.9 Å². The Labute approximate surface area is 169 Å². The summed E-state index contributed by atoms with van der Waals surface area (Å²) in [5.74, 6) is 1.39. The molecule has 2 N–H and O–H groups in total. The Balaban J connectivity index is 1.32. The molecule has 6 nitrogen and oxygen atoms in total. The lowest BCUT2D eigenvalue weighted by atomic mass is 9.66. The molecule has 2 aliphatic heterocycles. The zero-order valence-electron chi connectivity index (χ0n) is 17.5. The largest absolute Gasteiger partial charge is 0.339 e. The molecule has 1 aromatic rings. The fourth-order valence-corrected chi connectivity index (χ4v) is 5.13. The third-order valence-corrected chi connectivity index (χ3v) is 7.04. The Morgan fingerprint density at radius 3 is 2.61 bits per heavy atom. The molecule has 0 radical (unpaired) electrons. The van der Waals surface area contributed by atoms with Gasteiger partial charge in [0.15, 0.2) is 0 Å². The summed E-state index contributed by atoms with van der Waals surface area (Å²) in [7, 11) is 0.